The first-order valence-electron chi connectivity index (χ1n) is 11.0. The molecule has 0 spiro atoms. The number of halogens is 1. The molecule has 10 heteroatoms. The van der Waals surface area contributed by atoms with E-state index in [0.29, 0.717) is 19.1 Å². The minimum atomic E-state index is -3.49. The van der Waals surface area contributed by atoms with Crippen LogP contribution in [0.15, 0.2) is 24.3 Å². The van der Waals surface area contributed by atoms with Crippen molar-refractivity contribution in [3.05, 3.63) is 35.6 Å². The van der Waals surface area contributed by atoms with E-state index in [2.05, 4.69) is 4.72 Å². The maximum atomic E-state index is 13.6. The van der Waals surface area contributed by atoms with Crippen LogP contribution >= 0.6 is 0 Å². The Morgan fingerprint density at radius 1 is 1.25 bits per heavy atom. The summed E-state index contributed by atoms with van der Waals surface area (Å²) in [5, 5.41) is 0. The van der Waals surface area contributed by atoms with Crippen LogP contribution in [0.1, 0.15) is 37.2 Å². The highest BCUT2D eigenvalue weighted by atomic mass is 32.2. The normalized spacial score (nSPS) is 32.7. The number of nitrogens with zero attached hydrogens (tertiary/aromatic N) is 1. The van der Waals surface area contributed by atoms with Gasteiger partial charge in [0.15, 0.2) is 0 Å². The van der Waals surface area contributed by atoms with E-state index in [1.807, 2.05) is 6.07 Å². The van der Waals surface area contributed by atoms with Crippen molar-refractivity contribution in [1.29, 1.82) is 0 Å². The monoisotopic (exact) mass is 470 g/mol. The molecule has 1 aromatic carbocycles. The highest BCUT2D eigenvalue weighted by Crippen LogP contribution is 2.38. The number of sulfonamides is 1. The summed E-state index contributed by atoms with van der Waals surface area (Å²) >= 11 is 0. The number of carbonyl (C=O) groups is 1. The molecule has 3 fully saturated rings. The number of nitrogens with one attached hydrogen (secondary N) is 1. The predicted molar refractivity (Wildman–Crippen MR) is 115 cm³/mol. The number of hydrogen-bond donors (Lipinski definition) is 1. The van der Waals surface area contributed by atoms with Crippen LogP contribution in [-0.2, 0) is 24.2 Å². The van der Waals surface area contributed by atoms with Crippen LogP contribution < -0.4 is 4.72 Å². The molecule has 3 aliphatic rings. The van der Waals surface area contributed by atoms with E-state index in [9.17, 15) is 17.6 Å². The van der Waals surface area contributed by atoms with Crippen LogP contribution in [0.4, 0.5) is 9.18 Å². The lowest BCUT2D eigenvalue weighted by molar-refractivity contribution is -0.0137. The average molecular weight is 471 g/mol. The van der Waals surface area contributed by atoms with E-state index in [4.69, 9.17) is 14.2 Å². The van der Waals surface area contributed by atoms with E-state index < -0.39 is 28.2 Å². The Kier molecular flexibility index (Phi) is 7.04. The summed E-state index contributed by atoms with van der Waals surface area (Å²) in [6.45, 7) is 0.933. The third-order valence-electron chi connectivity index (χ3n) is 6.92. The zero-order chi connectivity index (χ0) is 22.9. The van der Waals surface area contributed by atoms with E-state index in [1.54, 1.807) is 17.0 Å². The fourth-order valence-corrected chi connectivity index (χ4v) is 6.25. The first-order chi connectivity index (χ1) is 15.3. The lowest BCUT2D eigenvalue weighted by atomic mass is 9.82. The fourth-order valence-electron chi connectivity index (χ4n) is 5.42. The van der Waals surface area contributed by atoms with Gasteiger partial charge in [-0.05, 0) is 49.3 Å². The Morgan fingerprint density at radius 3 is 2.66 bits per heavy atom. The van der Waals surface area contributed by atoms with Gasteiger partial charge < -0.3 is 14.2 Å². The molecule has 2 aliphatic heterocycles. The lowest BCUT2D eigenvalue weighted by Gasteiger charge is -2.33. The summed E-state index contributed by atoms with van der Waals surface area (Å²) in [5.41, 5.74) is 1.02. The second kappa shape index (κ2) is 9.62. The molecule has 32 heavy (non-hydrogen) atoms. The maximum absolute atomic E-state index is 13.6. The lowest BCUT2D eigenvalue weighted by Crippen LogP contribution is -2.52. The summed E-state index contributed by atoms with van der Waals surface area (Å²) in [7, 11) is -2.17. The van der Waals surface area contributed by atoms with Crippen LogP contribution in [-0.4, -0.2) is 76.8 Å². The van der Waals surface area contributed by atoms with Crippen LogP contribution in [0.3, 0.4) is 0 Å². The second-order valence-corrected chi connectivity index (χ2v) is 10.8. The number of amides is 1. The van der Waals surface area contributed by atoms with Crippen LogP contribution in [0.5, 0.6) is 0 Å². The van der Waals surface area contributed by atoms with Gasteiger partial charge in [-0.1, -0.05) is 12.1 Å². The number of hydrogen-bond acceptors (Lipinski definition) is 6. The van der Waals surface area contributed by atoms with Gasteiger partial charge in [0, 0.05) is 5.92 Å². The standard InChI is InChI=1S/C22H31FN2O6S/c1-29-22(26)25-19-12-30-11-18(19)21(24-32(2,27)28)20(25)13-31-17-8-6-14(7-9-17)15-4-3-5-16(23)10-15/h3-5,10,14,17-21,24H,6-9,11-13H2,1-2H3/t14?,17?,18-,19+,20-,21-/m0/s1. The van der Waals surface area contributed by atoms with Gasteiger partial charge in [0.05, 0.1) is 57.4 Å². The molecule has 4 atom stereocenters. The molecule has 0 aromatic heterocycles. The number of rotatable bonds is 6. The van der Waals surface area contributed by atoms with Crippen molar-refractivity contribution in [2.24, 2.45) is 5.92 Å². The zero-order valence-corrected chi connectivity index (χ0v) is 19.2. The second-order valence-electron chi connectivity index (χ2n) is 8.99. The summed E-state index contributed by atoms with van der Waals surface area (Å²) in [6.07, 6.45) is 4.05. The minimum absolute atomic E-state index is 0.00915. The molecule has 8 nitrogen and oxygen atoms in total. The number of benzene rings is 1. The van der Waals surface area contributed by atoms with Gasteiger partial charge in [-0.3, -0.25) is 4.90 Å². The van der Waals surface area contributed by atoms with Crippen molar-refractivity contribution < 1.29 is 31.8 Å². The maximum Gasteiger partial charge on any atom is 0.410 e. The summed E-state index contributed by atoms with van der Waals surface area (Å²) in [4.78, 5) is 14.1. The van der Waals surface area contributed by atoms with Crippen molar-refractivity contribution in [3.63, 3.8) is 0 Å². The first kappa shape index (κ1) is 23.4. The summed E-state index contributed by atoms with van der Waals surface area (Å²) < 4.78 is 57.0. The molecule has 0 radical (unpaired) electrons. The van der Waals surface area contributed by atoms with Gasteiger partial charge >= 0.3 is 6.09 Å². The highest BCUT2D eigenvalue weighted by Gasteiger charge is 2.55. The molecule has 0 unspecified atom stereocenters. The van der Waals surface area contributed by atoms with Crippen LogP contribution in [0.25, 0.3) is 0 Å². The fraction of sp³-hybridized carbons (Fsp3) is 0.682. The number of carbonyl (C=O) groups excluding carboxylic acids is 1. The van der Waals surface area contributed by atoms with Gasteiger partial charge in [0.25, 0.3) is 0 Å². The molecule has 4 rings (SSSR count). The number of fused-ring (bicyclic) bond motifs is 1. The third-order valence-corrected chi connectivity index (χ3v) is 7.62. The van der Waals surface area contributed by atoms with Gasteiger partial charge in [-0.25, -0.2) is 22.3 Å². The molecule has 2 saturated heterocycles. The van der Waals surface area contributed by atoms with Crippen LogP contribution in [0, 0.1) is 11.7 Å². The average Bonchev–Trinajstić information content (AvgIpc) is 3.33. The molecule has 2 heterocycles. The molecule has 0 bridgehead atoms. The van der Waals surface area contributed by atoms with E-state index in [1.165, 1.54) is 13.2 Å². The van der Waals surface area contributed by atoms with Crippen LogP contribution in [0.2, 0.25) is 0 Å². The summed E-state index contributed by atoms with van der Waals surface area (Å²) in [6, 6.07) is 5.53. The molecular formula is C22H31FN2O6S. The quantitative estimate of drug-likeness (QED) is 0.686. The Balaban J connectivity index is 1.41. The predicted octanol–water partition coefficient (Wildman–Crippen LogP) is 2.25. The van der Waals surface area contributed by atoms with Gasteiger partial charge in [0.2, 0.25) is 10.0 Å². The van der Waals surface area contributed by atoms with Crippen molar-refractivity contribution in [2.75, 3.05) is 33.2 Å². The molecule has 1 amide bonds. The molecule has 1 saturated carbocycles. The Hall–Kier alpha value is -1.75. The van der Waals surface area contributed by atoms with Gasteiger partial charge in [-0.2, -0.15) is 0 Å². The number of methoxy groups -OCH3 is 1. The Bertz CT molecular complexity index is 921. The van der Waals surface area contributed by atoms with Crippen molar-refractivity contribution in [3.8, 4) is 0 Å². The third kappa shape index (κ3) is 5.08. The van der Waals surface area contributed by atoms with E-state index in [-0.39, 0.29) is 30.5 Å². The number of likely N-dealkylation sites (tertiary alicyclic amines) is 1. The SMILES string of the molecule is COC(=O)N1[C@@H]2COC[C@@H]2[C@H](NS(C)(=O)=O)[C@@H]1COC1CCC(c2cccc(F)c2)CC1. The smallest absolute Gasteiger partial charge is 0.410 e. The van der Waals surface area contributed by atoms with Gasteiger partial charge in [0.1, 0.15) is 5.82 Å². The highest BCUT2D eigenvalue weighted by molar-refractivity contribution is 7.88. The molecule has 1 aliphatic carbocycles. The van der Waals surface area contributed by atoms with E-state index in [0.717, 1.165) is 37.5 Å². The topological polar surface area (TPSA) is 94.2 Å². The molecule has 1 N–H and O–H groups in total. The Morgan fingerprint density at radius 2 is 2.00 bits per heavy atom. The minimum Gasteiger partial charge on any atom is -0.453 e. The van der Waals surface area contributed by atoms with E-state index >= 15 is 0 Å². The van der Waals surface area contributed by atoms with Gasteiger partial charge in [-0.15, -0.1) is 0 Å². The largest absolute Gasteiger partial charge is 0.453 e. The zero-order valence-electron chi connectivity index (χ0n) is 18.4. The molecule has 1 aromatic rings. The van der Waals surface area contributed by atoms with Crippen molar-refractivity contribution in [2.45, 2.75) is 55.8 Å². The Labute approximate surface area is 188 Å². The number of ether oxygens (including phenoxy) is 3. The summed E-state index contributed by atoms with van der Waals surface area (Å²) in [5.74, 6) is -0.0650. The van der Waals surface area contributed by atoms with Crippen molar-refractivity contribution >= 4 is 16.1 Å². The van der Waals surface area contributed by atoms with Crippen molar-refractivity contribution in [1.82, 2.24) is 9.62 Å². The molecule has 178 valence electrons. The molecular weight excluding hydrogens is 439 g/mol. The first-order valence-corrected chi connectivity index (χ1v) is 12.9.